The van der Waals surface area contributed by atoms with Crippen molar-refractivity contribution in [1.29, 1.82) is 0 Å². The quantitative estimate of drug-likeness (QED) is 0.173. The number of rotatable bonds is 2. The first-order valence-corrected chi connectivity index (χ1v) is 18.0. The third-order valence-corrected chi connectivity index (χ3v) is 11.7. The predicted molar refractivity (Wildman–Crippen MR) is 214 cm³/mol. The van der Waals surface area contributed by atoms with Gasteiger partial charge in [-0.15, -0.1) is 0 Å². The molecule has 0 unspecified atom stereocenters. The molecule has 2 aliphatic carbocycles. The summed E-state index contributed by atoms with van der Waals surface area (Å²) in [5.41, 5.74) is 15.9. The highest BCUT2D eigenvalue weighted by Crippen LogP contribution is 2.67. The average molecular weight is 660 g/mol. The Bertz CT molecular complexity index is 3070. The zero-order valence-corrected chi connectivity index (χ0v) is 28.1. The van der Waals surface area contributed by atoms with E-state index in [2.05, 4.69) is 164 Å². The monoisotopic (exact) mass is 659 g/mol. The van der Waals surface area contributed by atoms with Crippen molar-refractivity contribution >= 4 is 43.6 Å². The molecule has 12 rings (SSSR count). The van der Waals surface area contributed by atoms with Gasteiger partial charge in [0.15, 0.2) is 0 Å². The Morgan fingerprint density at radius 2 is 1.04 bits per heavy atom. The van der Waals surface area contributed by atoms with Crippen molar-refractivity contribution in [3.63, 3.8) is 0 Å². The van der Waals surface area contributed by atoms with E-state index in [9.17, 15) is 0 Å². The van der Waals surface area contributed by atoms with Crippen LogP contribution in [0, 0.1) is 0 Å². The highest BCUT2D eigenvalue weighted by molar-refractivity contribution is 6.26. The van der Waals surface area contributed by atoms with Gasteiger partial charge < -0.3 is 4.42 Å². The molecule has 2 nitrogen and oxygen atoms in total. The maximum absolute atomic E-state index is 7.02. The second-order valence-electron chi connectivity index (χ2n) is 14.1. The molecule has 2 heterocycles. The summed E-state index contributed by atoms with van der Waals surface area (Å²) in [6.45, 7) is 0. The normalized spacial score (nSPS) is 13.5. The van der Waals surface area contributed by atoms with E-state index in [1.54, 1.807) is 0 Å². The number of benzene rings is 8. The lowest BCUT2D eigenvalue weighted by Gasteiger charge is -2.32. The van der Waals surface area contributed by atoms with Crippen LogP contribution in [0.4, 0.5) is 0 Å². The maximum Gasteiger partial charge on any atom is 0.227 e. The molecule has 240 valence electrons. The van der Waals surface area contributed by atoms with Crippen LogP contribution in [0.3, 0.4) is 0 Å². The molecule has 0 bridgehead atoms. The first-order valence-electron chi connectivity index (χ1n) is 18.0. The van der Waals surface area contributed by atoms with Gasteiger partial charge in [-0.2, -0.15) is 0 Å². The Kier molecular flexibility index (Phi) is 5.46. The van der Waals surface area contributed by atoms with Crippen LogP contribution in [0.2, 0.25) is 0 Å². The fraction of sp³-hybridized carbons (Fsp3) is 0.0200. The van der Waals surface area contributed by atoms with E-state index in [1.807, 2.05) is 12.3 Å². The highest BCUT2D eigenvalue weighted by Gasteiger charge is 2.54. The number of aromatic nitrogens is 1. The van der Waals surface area contributed by atoms with Crippen LogP contribution in [-0.4, -0.2) is 4.98 Å². The molecule has 0 atom stereocenters. The van der Waals surface area contributed by atoms with Crippen molar-refractivity contribution in [2.45, 2.75) is 5.41 Å². The summed E-state index contributed by atoms with van der Waals surface area (Å²) < 4.78 is 7.02. The van der Waals surface area contributed by atoms with Gasteiger partial charge in [-0.25, -0.2) is 4.98 Å². The number of hydrogen-bond donors (Lipinski definition) is 0. The Hall–Kier alpha value is -6.77. The standard InChI is InChI=1S/C50H29NO/c1-3-14-30(15-4-1)32-25-26-37-40(28-32)33-18-7-8-21-36(33)45-46-43(50(47(37)45)41-23-11-9-19-34(41)35-20-10-12-24-42(35)50)29-39(31-16-5-2-6-17-31)44-38-22-13-27-51-49(38)52-48(44)46/h1-29H. The largest absolute Gasteiger partial charge is 0.437 e. The van der Waals surface area contributed by atoms with Gasteiger partial charge in [0.1, 0.15) is 5.58 Å². The number of hydrogen-bond acceptors (Lipinski definition) is 2. The molecule has 2 aliphatic rings. The van der Waals surface area contributed by atoms with E-state index in [0.717, 1.165) is 27.5 Å². The minimum Gasteiger partial charge on any atom is -0.437 e. The van der Waals surface area contributed by atoms with E-state index in [-0.39, 0.29) is 0 Å². The average Bonchev–Trinajstić information content (AvgIpc) is 3.86. The Labute approximate surface area is 300 Å². The predicted octanol–water partition coefficient (Wildman–Crippen LogP) is 13.0. The van der Waals surface area contributed by atoms with E-state index < -0.39 is 5.41 Å². The molecule has 0 amide bonds. The molecule has 8 aromatic carbocycles. The highest BCUT2D eigenvalue weighted by atomic mass is 16.3. The first kappa shape index (κ1) is 28.0. The van der Waals surface area contributed by atoms with Crippen molar-refractivity contribution < 1.29 is 4.42 Å². The molecule has 0 N–H and O–H groups in total. The number of fused-ring (bicyclic) bond motifs is 19. The summed E-state index contributed by atoms with van der Waals surface area (Å²) >= 11 is 0. The lowest BCUT2D eigenvalue weighted by molar-refractivity contribution is 0.654. The van der Waals surface area contributed by atoms with Crippen LogP contribution in [-0.2, 0) is 5.41 Å². The fourth-order valence-electron chi connectivity index (χ4n) is 9.76. The molecular weight excluding hydrogens is 631 g/mol. The number of furan rings is 1. The third kappa shape index (κ3) is 3.42. The third-order valence-electron chi connectivity index (χ3n) is 11.7. The topological polar surface area (TPSA) is 26.0 Å². The minimum atomic E-state index is -0.585. The van der Waals surface area contributed by atoms with E-state index in [0.29, 0.717) is 5.71 Å². The molecule has 0 aliphatic heterocycles. The number of pyridine rings is 1. The second kappa shape index (κ2) is 10.2. The van der Waals surface area contributed by atoms with Crippen molar-refractivity contribution in [3.8, 4) is 44.5 Å². The van der Waals surface area contributed by atoms with Crippen LogP contribution in [0.5, 0.6) is 0 Å². The summed E-state index contributed by atoms with van der Waals surface area (Å²) in [7, 11) is 0. The van der Waals surface area contributed by atoms with Crippen molar-refractivity contribution in [1.82, 2.24) is 4.98 Å². The van der Waals surface area contributed by atoms with Gasteiger partial charge in [0, 0.05) is 22.5 Å². The Morgan fingerprint density at radius 1 is 0.404 bits per heavy atom. The van der Waals surface area contributed by atoms with Gasteiger partial charge in [0.2, 0.25) is 5.71 Å². The zero-order valence-electron chi connectivity index (χ0n) is 28.1. The van der Waals surface area contributed by atoms with E-state index >= 15 is 0 Å². The van der Waals surface area contributed by atoms with Gasteiger partial charge in [-0.05, 0) is 107 Å². The fourth-order valence-corrected chi connectivity index (χ4v) is 9.76. The van der Waals surface area contributed by atoms with Gasteiger partial charge in [0.05, 0.1) is 5.41 Å². The summed E-state index contributed by atoms with van der Waals surface area (Å²) in [5, 5.41) is 7.14. The minimum absolute atomic E-state index is 0.585. The molecule has 0 saturated carbocycles. The van der Waals surface area contributed by atoms with Crippen LogP contribution in [0.1, 0.15) is 22.3 Å². The Morgan fingerprint density at radius 3 is 1.79 bits per heavy atom. The first-order chi connectivity index (χ1) is 25.8. The van der Waals surface area contributed by atoms with E-state index in [4.69, 9.17) is 9.40 Å². The van der Waals surface area contributed by atoms with Gasteiger partial charge in [0.25, 0.3) is 0 Å². The zero-order chi connectivity index (χ0) is 34.0. The summed E-state index contributed by atoms with van der Waals surface area (Å²) in [5.74, 6) is 0. The smallest absolute Gasteiger partial charge is 0.227 e. The van der Waals surface area contributed by atoms with Gasteiger partial charge >= 0.3 is 0 Å². The molecule has 2 aromatic heterocycles. The summed E-state index contributed by atoms with van der Waals surface area (Å²) in [6, 6.07) is 62.4. The van der Waals surface area contributed by atoms with Crippen molar-refractivity contribution in [2.75, 3.05) is 0 Å². The van der Waals surface area contributed by atoms with Crippen LogP contribution >= 0.6 is 0 Å². The SMILES string of the molecule is c1ccc(-c2ccc3c4c(c5ccccc5c3c2)-c2c(cc(-c3ccccc3)c3c2oc2ncccc23)C42c3ccccc3-c3ccccc32)cc1. The molecule has 0 radical (unpaired) electrons. The summed E-state index contributed by atoms with van der Waals surface area (Å²) in [4.78, 5) is 4.78. The van der Waals surface area contributed by atoms with Crippen LogP contribution in [0.25, 0.3) is 88.1 Å². The van der Waals surface area contributed by atoms with Crippen molar-refractivity contribution in [2.24, 2.45) is 0 Å². The molecule has 2 heteroatoms. The molecule has 10 aromatic rings. The van der Waals surface area contributed by atoms with Crippen molar-refractivity contribution in [3.05, 3.63) is 198 Å². The maximum atomic E-state index is 7.02. The molecule has 52 heavy (non-hydrogen) atoms. The van der Waals surface area contributed by atoms with Gasteiger partial charge in [-0.3, -0.25) is 0 Å². The summed E-state index contributed by atoms with van der Waals surface area (Å²) in [6.07, 6.45) is 1.83. The second-order valence-corrected chi connectivity index (χ2v) is 14.1. The lowest BCUT2D eigenvalue weighted by Crippen LogP contribution is -2.26. The molecular formula is C50H29NO. The Balaban J connectivity index is 1.36. The van der Waals surface area contributed by atoms with E-state index in [1.165, 1.54) is 77.2 Å². The van der Waals surface area contributed by atoms with Crippen LogP contribution in [0.15, 0.2) is 180 Å². The molecule has 0 fully saturated rings. The van der Waals surface area contributed by atoms with Gasteiger partial charge in [-0.1, -0.05) is 146 Å². The molecule has 0 saturated heterocycles. The number of nitrogens with zero attached hydrogens (tertiary/aromatic N) is 1. The lowest BCUT2D eigenvalue weighted by atomic mass is 9.68. The van der Waals surface area contributed by atoms with Crippen LogP contribution < -0.4 is 0 Å². The molecule has 1 spiro atoms.